The topological polar surface area (TPSA) is 55.0 Å². The molecule has 104 valence electrons. The van der Waals surface area contributed by atoms with Gasteiger partial charge in [0, 0.05) is 5.56 Å². The monoisotopic (exact) mass is 278 g/mol. The van der Waals surface area contributed by atoms with Crippen LogP contribution in [0.5, 0.6) is 5.88 Å². The van der Waals surface area contributed by atoms with Gasteiger partial charge in [0.1, 0.15) is 0 Å². The fourth-order valence-corrected chi connectivity index (χ4v) is 2.27. The average Bonchev–Trinajstić information content (AvgIpc) is 2.56. The summed E-state index contributed by atoms with van der Waals surface area (Å²) in [6, 6.07) is 19.2. The van der Waals surface area contributed by atoms with E-state index in [9.17, 15) is 4.79 Å². The van der Waals surface area contributed by atoms with Gasteiger partial charge >= 0.3 is 0 Å². The Hall–Kier alpha value is -2.88. The molecule has 0 radical (unpaired) electrons. The summed E-state index contributed by atoms with van der Waals surface area (Å²) >= 11 is 0. The number of hydrogen-bond acceptors (Lipinski definition) is 3. The van der Waals surface area contributed by atoms with Gasteiger partial charge in [-0.3, -0.25) is 9.89 Å². The van der Waals surface area contributed by atoms with Crippen molar-refractivity contribution in [2.24, 2.45) is 0 Å². The molecule has 2 aromatic carbocycles. The van der Waals surface area contributed by atoms with Gasteiger partial charge < -0.3 is 4.74 Å². The van der Waals surface area contributed by atoms with Crippen molar-refractivity contribution in [3.63, 3.8) is 0 Å². The smallest absolute Gasteiger partial charge is 0.280 e. The molecule has 4 nitrogen and oxygen atoms in total. The quantitative estimate of drug-likeness (QED) is 0.801. The van der Waals surface area contributed by atoms with Crippen molar-refractivity contribution >= 4 is 0 Å². The zero-order chi connectivity index (χ0) is 14.7. The Balaban J connectivity index is 2.31. The lowest BCUT2D eigenvalue weighted by Crippen LogP contribution is -2.13. The first-order valence-corrected chi connectivity index (χ1v) is 6.59. The van der Waals surface area contributed by atoms with Crippen LogP contribution in [0.2, 0.25) is 0 Å². The van der Waals surface area contributed by atoms with Crippen LogP contribution in [0.3, 0.4) is 0 Å². The minimum Gasteiger partial charge on any atom is -0.477 e. The van der Waals surface area contributed by atoms with E-state index in [-0.39, 0.29) is 11.3 Å². The molecule has 0 aliphatic carbocycles. The van der Waals surface area contributed by atoms with Gasteiger partial charge in [-0.15, -0.1) is 5.10 Å². The zero-order valence-corrected chi connectivity index (χ0v) is 11.5. The largest absolute Gasteiger partial charge is 0.477 e. The van der Waals surface area contributed by atoms with E-state index < -0.39 is 0 Å². The van der Waals surface area contributed by atoms with Crippen molar-refractivity contribution in [1.82, 2.24) is 10.2 Å². The molecule has 0 amide bonds. The molecule has 3 aromatic rings. The van der Waals surface area contributed by atoms with Gasteiger partial charge in [-0.1, -0.05) is 60.7 Å². The Bertz CT molecular complexity index is 796. The van der Waals surface area contributed by atoms with E-state index >= 15 is 0 Å². The summed E-state index contributed by atoms with van der Waals surface area (Å²) in [7, 11) is 1.44. The third kappa shape index (κ3) is 2.43. The highest BCUT2D eigenvalue weighted by molar-refractivity contribution is 5.80. The Morgan fingerprint density at radius 1 is 0.905 bits per heavy atom. The number of benzene rings is 2. The standard InChI is InChI=1S/C17H14N2O2/c1-21-17-16(20)14(12-8-4-2-5-9-12)15(18-19-17)13-10-6-3-7-11-13/h2-11H,1H3,(H,18,20). The molecular weight excluding hydrogens is 264 g/mol. The van der Waals surface area contributed by atoms with Crippen LogP contribution in [0.25, 0.3) is 22.4 Å². The third-order valence-corrected chi connectivity index (χ3v) is 3.26. The molecule has 0 aliphatic heterocycles. The first-order chi connectivity index (χ1) is 10.3. The summed E-state index contributed by atoms with van der Waals surface area (Å²) in [5, 5.41) is 6.94. The molecule has 1 N–H and O–H groups in total. The van der Waals surface area contributed by atoms with Gasteiger partial charge in [-0.05, 0) is 5.56 Å². The van der Waals surface area contributed by atoms with Gasteiger partial charge in [0.15, 0.2) is 0 Å². The average molecular weight is 278 g/mol. The molecule has 0 aliphatic rings. The van der Waals surface area contributed by atoms with E-state index in [2.05, 4.69) is 10.2 Å². The minimum absolute atomic E-state index is 0.0635. The number of H-pyrrole nitrogens is 1. The van der Waals surface area contributed by atoms with Gasteiger partial charge in [0.25, 0.3) is 11.3 Å². The number of aromatic amines is 1. The molecule has 21 heavy (non-hydrogen) atoms. The van der Waals surface area contributed by atoms with Gasteiger partial charge in [0.2, 0.25) is 0 Å². The second-order valence-corrected chi connectivity index (χ2v) is 4.54. The molecule has 0 bridgehead atoms. The van der Waals surface area contributed by atoms with E-state index in [4.69, 9.17) is 4.74 Å². The van der Waals surface area contributed by atoms with Crippen LogP contribution in [0.4, 0.5) is 0 Å². The lowest BCUT2D eigenvalue weighted by molar-refractivity contribution is 0.388. The van der Waals surface area contributed by atoms with Crippen molar-refractivity contribution in [3.8, 4) is 28.3 Å². The van der Waals surface area contributed by atoms with E-state index in [0.29, 0.717) is 11.3 Å². The van der Waals surface area contributed by atoms with Crippen molar-refractivity contribution < 1.29 is 4.74 Å². The lowest BCUT2D eigenvalue weighted by Gasteiger charge is -2.10. The molecule has 1 heterocycles. The maximum atomic E-state index is 12.6. The summed E-state index contributed by atoms with van der Waals surface area (Å²) in [4.78, 5) is 12.6. The van der Waals surface area contributed by atoms with E-state index in [0.717, 1.165) is 11.1 Å². The molecule has 0 unspecified atom stereocenters. The predicted octanol–water partition coefficient (Wildman–Crippen LogP) is 3.11. The van der Waals surface area contributed by atoms with Crippen molar-refractivity contribution in [3.05, 3.63) is 70.9 Å². The first kappa shape index (κ1) is 13.1. The number of methoxy groups -OCH3 is 1. The second-order valence-electron chi connectivity index (χ2n) is 4.54. The van der Waals surface area contributed by atoms with Crippen molar-refractivity contribution in [2.75, 3.05) is 7.11 Å². The van der Waals surface area contributed by atoms with Crippen LogP contribution in [0.1, 0.15) is 0 Å². The maximum Gasteiger partial charge on any atom is 0.280 e. The SMILES string of the molecule is COc1n[nH]c(-c2ccccc2)c(-c2ccccc2)c1=O. The van der Waals surface area contributed by atoms with Crippen LogP contribution >= 0.6 is 0 Å². The maximum absolute atomic E-state index is 12.6. The van der Waals surface area contributed by atoms with Crippen LogP contribution in [-0.2, 0) is 0 Å². The normalized spacial score (nSPS) is 10.3. The molecule has 0 saturated heterocycles. The number of rotatable bonds is 3. The third-order valence-electron chi connectivity index (χ3n) is 3.26. The zero-order valence-electron chi connectivity index (χ0n) is 11.5. The fraction of sp³-hybridized carbons (Fsp3) is 0.0588. The Kier molecular flexibility index (Phi) is 3.51. The molecule has 0 fully saturated rings. The highest BCUT2D eigenvalue weighted by Crippen LogP contribution is 2.27. The van der Waals surface area contributed by atoms with E-state index in [1.54, 1.807) is 0 Å². The number of hydrogen-bond donors (Lipinski definition) is 1. The Labute approximate surface area is 122 Å². The number of aromatic nitrogens is 2. The second kappa shape index (κ2) is 5.63. The van der Waals surface area contributed by atoms with Crippen LogP contribution in [-0.4, -0.2) is 17.3 Å². The summed E-state index contributed by atoms with van der Waals surface area (Å²) in [5.74, 6) is 0.0635. The summed E-state index contributed by atoms with van der Waals surface area (Å²) in [6.45, 7) is 0. The van der Waals surface area contributed by atoms with Gasteiger partial charge in [-0.25, -0.2) is 0 Å². The molecular formula is C17H14N2O2. The highest BCUT2D eigenvalue weighted by atomic mass is 16.5. The minimum atomic E-state index is -0.221. The van der Waals surface area contributed by atoms with Crippen molar-refractivity contribution in [1.29, 1.82) is 0 Å². The summed E-state index contributed by atoms with van der Waals surface area (Å²) < 4.78 is 5.04. The Morgan fingerprint density at radius 2 is 1.48 bits per heavy atom. The predicted molar refractivity (Wildman–Crippen MR) is 82.3 cm³/mol. The fourth-order valence-electron chi connectivity index (χ4n) is 2.27. The number of nitrogens with one attached hydrogen (secondary N) is 1. The summed E-state index contributed by atoms with van der Waals surface area (Å²) in [6.07, 6.45) is 0. The molecule has 4 heteroatoms. The van der Waals surface area contributed by atoms with Crippen LogP contribution < -0.4 is 10.2 Å². The molecule has 0 spiro atoms. The molecule has 3 rings (SSSR count). The van der Waals surface area contributed by atoms with E-state index in [1.165, 1.54) is 7.11 Å². The van der Waals surface area contributed by atoms with Crippen LogP contribution in [0.15, 0.2) is 65.5 Å². The first-order valence-electron chi connectivity index (χ1n) is 6.59. The van der Waals surface area contributed by atoms with Crippen LogP contribution in [0, 0.1) is 0 Å². The number of nitrogens with zero attached hydrogens (tertiary/aromatic N) is 1. The van der Waals surface area contributed by atoms with Gasteiger partial charge in [0.05, 0.1) is 18.4 Å². The number of ether oxygens (including phenoxy) is 1. The highest BCUT2D eigenvalue weighted by Gasteiger charge is 2.16. The van der Waals surface area contributed by atoms with Gasteiger partial charge in [-0.2, -0.15) is 0 Å². The lowest BCUT2D eigenvalue weighted by atomic mass is 10.00. The summed E-state index contributed by atoms with van der Waals surface area (Å²) in [5.41, 5.74) is 2.77. The Morgan fingerprint density at radius 3 is 2.05 bits per heavy atom. The molecule has 0 saturated carbocycles. The molecule has 1 aromatic heterocycles. The van der Waals surface area contributed by atoms with E-state index in [1.807, 2.05) is 60.7 Å². The van der Waals surface area contributed by atoms with Crippen molar-refractivity contribution in [2.45, 2.75) is 0 Å². The molecule has 0 atom stereocenters.